The molecule has 5 nitrogen and oxygen atoms in total. The van der Waals surface area contributed by atoms with Gasteiger partial charge in [0.05, 0.1) is 31.7 Å². The molecule has 0 aromatic carbocycles. The number of hydrogen-bond acceptors (Lipinski definition) is 4. The predicted octanol–water partition coefficient (Wildman–Crippen LogP) is 2.77. The van der Waals surface area contributed by atoms with E-state index in [0.717, 1.165) is 11.5 Å². The zero-order chi connectivity index (χ0) is 15.2. The highest BCUT2D eigenvalue weighted by molar-refractivity contribution is 5.81. The van der Waals surface area contributed by atoms with Crippen LogP contribution in [-0.2, 0) is 17.9 Å². The van der Waals surface area contributed by atoms with Crippen LogP contribution in [0.1, 0.15) is 31.8 Å². The molecular formula is C16H22N2O3. The summed E-state index contributed by atoms with van der Waals surface area (Å²) in [6.07, 6.45) is 3.85. The molecule has 114 valence electrons. The molecule has 0 saturated carbocycles. The van der Waals surface area contributed by atoms with Crippen LogP contribution in [0.2, 0.25) is 0 Å². The average molecular weight is 290 g/mol. The fourth-order valence-electron chi connectivity index (χ4n) is 2.24. The van der Waals surface area contributed by atoms with E-state index in [1.165, 1.54) is 0 Å². The molecule has 0 fully saturated rings. The van der Waals surface area contributed by atoms with Gasteiger partial charge in [-0.05, 0) is 36.6 Å². The topological polar surface area (TPSA) is 72.6 Å². The van der Waals surface area contributed by atoms with E-state index in [4.69, 9.17) is 14.6 Å². The summed E-state index contributed by atoms with van der Waals surface area (Å²) in [5, 5.41) is 0. The molecule has 2 rings (SSSR count). The highest BCUT2D eigenvalue weighted by Crippen LogP contribution is 2.14. The molecule has 0 radical (unpaired) electrons. The molecule has 0 spiro atoms. The van der Waals surface area contributed by atoms with E-state index in [0.29, 0.717) is 25.4 Å². The number of rotatable bonds is 7. The first kappa shape index (κ1) is 15.4. The smallest absolute Gasteiger partial charge is 0.240 e. The van der Waals surface area contributed by atoms with Crippen LogP contribution < -0.4 is 5.73 Å². The van der Waals surface area contributed by atoms with Crippen LogP contribution >= 0.6 is 0 Å². The van der Waals surface area contributed by atoms with E-state index in [1.807, 2.05) is 12.1 Å². The quantitative estimate of drug-likeness (QED) is 0.851. The number of carbonyl (C=O) groups is 1. The van der Waals surface area contributed by atoms with Crippen molar-refractivity contribution in [2.75, 3.05) is 0 Å². The van der Waals surface area contributed by atoms with Gasteiger partial charge in [-0.1, -0.05) is 13.8 Å². The molecule has 2 aromatic rings. The van der Waals surface area contributed by atoms with Gasteiger partial charge in [-0.15, -0.1) is 0 Å². The van der Waals surface area contributed by atoms with Crippen molar-refractivity contribution in [2.24, 2.45) is 11.7 Å². The summed E-state index contributed by atoms with van der Waals surface area (Å²) in [6.45, 7) is 4.88. The van der Waals surface area contributed by atoms with Crippen LogP contribution in [0.25, 0.3) is 0 Å². The summed E-state index contributed by atoms with van der Waals surface area (Å²) < 4.78 is 10.7. The van der Waals surface area contributed by atoms with Gasteiger partial charge in [0.2, 0.25) is 5.91 Å². The first-order valence-electron chi connectivity index (χ1n) is 7.15. The van der Waals surface area contributed by atoms with Gasteiger partial charge in [-0.3, -0.25) is 4.79 Å². The maximum absolute atomic E-state index is 12.5. The zero-order valence-corrected chi connectivity index (χ0v) is 12.5. The van der Waals surface area contributed by atoms with Crippen LogP contribution in [0.15, 0.2) is 45.6 Å². The molecule has 2 heterocycles. The van der Waals surface area contributed by atoms with Crippen molar-refractivity contribution in [3.63, 3.8) is 0 Å². The lowest BCUT2D eigenvalue weighted by Crippen LogP contribution is -2.43. The van der Waals surface area contributed by atoms with Gasteiger partial charge in [0.25, 0.3) is 0 Å². The normalized spacial score (nSPS) is 12.6. The Morgan fingerprint density at radius 3 is 2.05 bits per heavy atom. The van der Waals surface area contributed by atoms with Crippen molar-refractivity contribution < 1.29 is 13.6 Å². The number of amides is 1. The van der Waals surface area contributed by atoms with Crippen molar-refractivity contribution in [1.82, 2.24) is 4.90 Å². The van der Waals surface area contributed by atoms with E-state index in [2.05, 4.69) is 13.8 Å². The third-order valence-corrected chi connectivity index (χ3v) is 3.21. The fourth-order valence-corrected chi connectivity index (χ4v) is 2.24. The second-order valence-electron chi connectivity index (χ2n) is 5.59. The SMILES string of the molecule is CC(C)C[C@@H](N)C(=O)N(Cc1ccco1)Cc1ccco1. The molecule has 2 aromatic heterocycles. The molecule has 0 aliphatic carbocycles. The maximum atomic E-state index is 12.5. The molecular weight excluding hydrogens is 268 g/mol. The van der Waals surface area contributed by atoms with Gasteiger partial charge >= 0.3 is 0 Å². The first-order chi connectivity index (χ1) is 10.1. The molecule has 5 heteroatoms. The van der Waals surface area contributed by atoms with Crippen LogP contribution in [0.4, 0.5) is 0 Å². The summed E-state index contributed by atoms with van der Waals surface area (Å²) in [6, 6.07) is 6.79. The highest BCUT2D eigenvalue weighted by atomic mass is 16.3. The molecule has 0 saturated heterocycles. The molecule has 2 N–H and O–H groups in total. The second-order valence-corrected chi connectivity index (χ2v) is 5.59. The second kappa shape index (κ2) is 7.13. The number of carbonyl (C=O) groups excluding carboxylic acids is 1. The number of nitrogens with two attached hydrogens (primary N) is 1. The van der Waals surface area contributed by atoms with Crippen LogP contribution in [0.5, 0.6) is 0 Å². The summed E-state index contributed by atoms with van der Waals surface area (Å²) >= 11 is 0. The number of furan rings is 2. The van der Waals surface area contributed by atoms with Gasteiger partial charge in [0.15, 0.2) is 0 Å². The van der Waals surface area contributed by atoms with Gasteiger partial charge < -0.3 is 19.5 Å². The summed E-state index contributed by atoms with van der Waals surface area (Å²) in [5.74, 6) is 1.74. The standard InChI is InChI=1S/C16H22N2O3/c1-12(2)9-15(17)16(19)18(10-13-5-3-7-20-13)11-14-6-4-8-21-14/h3-8,12,15H,9-11,17H2,1-2H3/t15-/m1/s1. The fraction of sp³-hybridized carbons (Fsp3) is 0.438. The third kappa shape index (κ3) is 4.49. The van der Waals surface area contributed by atoms with Crippen LogP contribution in [-0.4, -0.2) is 16.8 Å². The predicted molar refractivity (Wildman–Crippen MR) is 79.1 cm³/mol. The number of nitrogens with zero attached hydrogens (tertiary/aromatic N) is 1. The van der Waals surface area contributed by atoms with E-state index in [1.54, 1.807) is 29.6 Å². The largest absolute Gasteiger partial charge is 0.467 e. The van der Waals surface area contributed by atoms with Crippen LogP contribution in [0, 0.1) is 5.92 Å². The Balaban J connectivity index is 2.08. The molecule has 0 unspecified atom stereocenters. The lowest BCUT2D eigenvalue weighted by molar-refractivity contribution is -0.134. The summed E-state index contributed by atoms with van der Waals surface area (Å²) in [7, 11) is 0. The zero-order valence-electron chi connectivity index (χ0n) is 12.5. The Labute approximate surface area is 124 Å². The Hall–Kier alpha value is -2.01. The van der Waals surface area contributed by atoms with Crippen molar-refractivity contribution in [3.8, 4) is 0 Å². The van der Waals surface area contributed by atoms with E-state index < -0.39 is 6.04 Å². The third-order valence-electron chi connectivity index (χ3n) is 3.21. The Bertz CT molecular complexity index is 496. The minimum Gasteiger partial charge on any atom is -0.467 e. The van der Waals surface area contributed by atoms with Crippen molar-refractivity contribution >= 4 is 5.91 Å². The van der Waals surface area contributed by atoms with E-state index >= 15 is 0 Å². The molecule has 21 heavy (non-hydrogen) atoms. The summed E-state index contributed by atoms with van der Waals surface area (Å²) in [5.41, 5.74) is 6.02. The Morgan fingerprint density at radius 2 is 1.67 bits per heavy atom. The van der Waals surface area contributed by atoms with Gasteiger partial charge in [0.1, 0.15) is 11.5 Å². The molecule has 0 aliphatic heterocycles. The lowest BCUT2D eigenvalue weighted by atomic mass is 10.0. The van der Waals surface area contributed by atoms with Gasteiger partial charge in [-0.25, -0.2) is 0 Å². The average Bonchev–Trinajstić information content (AvgIpc) is 3.09. The monoisotopic (exact) mass is 290 g/mol. The number of hydrogen-bond donors (Lipinski definition) is 1. The molecule has 0 bridgehead atoms. The van der Waals surface area contributed by atoms with Gasteiger partial charge in [0, 0.05) is 0 Å². The van der Waals surface area contributed by atoms with Crippen molar-refractivity contribution in [2.45, 2.75) is 39.4 Å². The lowest BCUT2D eigenvalue weighted by Gasteiger charge is -2.25. The Kier molecular flexibility index (Phi) is 5.22. The van der Waals surface area contributed by atoms with Gasteiger partial charge in [-0.2, -0.15) is 0 Å². The van der Waals surface area contributed by atoms with Crippen LogP contribution in [0.3, 0.4) is 0 Å². The summed E-state index contributed by atoms with van der Waals surface area (Å²) in [4.78, 5) is 14.2. The molecule has 1 amide bonds. The van der Waals surface area contributed by atoms with E-state index in [-0.39, 0.29) is 5.91 Å². The van der Waals surface area contributed by atoms with Crippen molar-refractivity contribution in [3.05, 3.63) is 48.3 Å². The molecule has 1 atom stereocenters. The minimum absolute atomic E-state index is 0.0866. The Morgan fingerprint density at radius 1 is 1.14 bits per heavy atom. The van der Waals surface area contributed by atoms with E-state index in [9.17, 15) is 4.79 Å². The first-order valence-corrected chi connectivity index (χ1v) is 7.15. The highest BCUT2D eigenvalue weighted by Gasteiger charge is 2.23. The van der Waals surface area contributed by atoms with Crippen molar-refractivity contribution in [1.29, 1.82) is 0 Å². The maximum Gasteiger partial charge on any atom is 0.240 e. The molecule has 0 aliphatic rings. The minimum atomic E-state index is -0.505.